The largest absolute Gasteiger partial charge is 0.492 e. The molecule has 0 spiro atoms. The van der Waals surface area contributed by atoms with E-state index in [0.29, 0.717) is 18.2 Å². The number of hydrogen-bond donors (Lipinski definition) is 2. The van der Waals surface area contributed by atoms with Gasteiger partial charge in [-0.25, -0.2) is 0 Å². The molecule has 1 atom stereocenters. The van der Waals surface area contributed by atoms with Crippen molar-refractivity contribution in [3.8, 4) is 5.75 Å². The number of aryl methyl sites for hydroxylation is 1. The van der Waals surface area contributed by atoms with Gasteiger partial charge in [-0.15, -0.1) is 0 Å². The molecule has 4 nitrogen and oxygen atoms in total. The molecule has 0 aromatic heterocycles. The normalized spacial score (nSPS) is 19.6. The van der Waals surface area contributed by atoms with Crippen LogP contribution >= 0.6 is 0 Å². The lowest BCUT2D eigenvalue weighted by Gasteiger charge is -2.21. The zero-order valence-electron chi connectivity index (χ0n) is 17.4. The quantitative estimate of drug-likeness (QED) is 0.631. The summed E-state index contributed by atoms with van der Waals surface area (Å²) in [4.78, 5) is 13.3. The molecular formula is C26H28N2O2. The molecule has 30 heavy (non-hydrogen) atoms. The van der Waals surface area contributed by atoms with Crippen LogP contribution in [0.2, 0.25) is 0 Å². The minimum Gasteiger partial charge on any atom is -0.492 e. The maximum absolute atomic E-state index is 13.3. The van der Waals surface area contributed by atoms with Gasteiger partial charge in [-0.3, -0.25) is 4.79 Å². The Labute approximate surface area is 177 Å². The average Bonchev–Trinajstić information content (AvgIpc) is 3.35. The van der Waals surface area contributed by atoms with Crippen molar-refractivity contribution in [2.45, 2.75) is 44.2 Å². The van der Waals surface area contributed by atoms with Gasteiger partial charge < -0.3 is 15.4 Å². The van der Waals surface area contributed by atoms with Crippen molar-refractivity contribution in [2.75, 3.05) is 13.2 Å². The zero-order valence-corrected chi connectivity index (χ0v) is 17.4. The van der Waals surface area contributed by atoms with Crippen LogP contribution in [0.3, 0.4) is 0 Å². The Morgan fingerprint density at radius 2 is 1.97 bits per heavy atom. The van der Waals surface area contributed by atoms with Crippen LogP contribution in [0.4, 0.5) is 0 Å². The van der Waals surface area contributed by atoms with Gasteiger partial charge >= 0.3 is 0 Å². The molecule has 3 aromatic carbocycles. The van der Waals surface area contributed by atoms with Crippen LogP contribution in [0.5, 0.6) is 5.75 Å². The molecular weight excluding hydrogens is 372 g/mol. The molecule has 1 amide bonds. The highest BCUT2D eigenvalue weighted by atomic mass is 16.5. The van der Waals surface area contributed by atoms with Crippen LogP contribution in [0, 0.1) is 6.92 Å². The molecule has 2 fully saturated rings. The van der Waals surface area contributed by atoms with Gasteiger partial charge in [-0.2, -0.15) is 0 Å². The number of hydrogen-bond acceptors (Lipinski definition) is 3. The second-order valence-electron chi connectivity index (χ2n) is 8.64. The van der Waals surface area contributed by atoms with Gasteiger partial charge in [0.05, 0.1) is 5.54 Å². The van der Waals surface area contributed by atoms with Gasteiger partial charge in [0.1, 0.15) is 12.4 Å². The highest BCUT2D eigenvalue weighted by Gasteiger charge is 2.46. The number of nitrogens with one attached hydrogen (secondary N) is 2. The number of ether oxygens (including phenoxy) is 1. The van der Waals surface area contributed by atoms with E-state index in [2.05, 4.69) is 53.1 Å². The first-order valence-electron chi connectivity index (χ1n) is 10.9. The van der Waals surface area contributed by atoms with Crippen LogP contribution in [-0.2, 0) is 5.54 Å². The molecule has 4 heteroatoms. The van der Waals surface area contributed by atoms with Crippen molar-refractivity contribution in [3.05, 3.63) is 77.4 Å². The monoisotopic (exact) mass is 400 g/mol. The van der Waals surface area contributed by atoms with E-state index in [4.69, 9.17) is 4.74 Å². The summed E-state index contributed by atoms with van der Waals surface area (Å²) in [5, 5.41) is 9.22. The summed E-state index contributed by atoms with van der Waals surface area (Å²) in [6.45, 7) is 3.69. The van der Waals surface area contributed by atoms with E-state index in [-0.39, 0.29) is 11.4 Å². The Bertz CT molecular complexity index is 1080. The summed E-state index contributed by atoms with van der Waals surface area (Å²) < 4.78 is 5.98. The first-order valence-corrected chi connectivity index (χ1v) is 10.9. The average molecular weight is 401 g/mol. The van der Waals surface area contributed by atoms with Crippen LogP contribution in [0.25, 0.3) is 10.8 Å². The van der Waals surface area contributed by atoms with Gasteiger partial charge in [0, 0.05) is 11.6 Å². The molecule has 1 heterocycles. The van der Waals surface area contributed by atoms with Crippen molar-refractivity contribution >= 4 is 16.7 Å². The van der Waals surface area contributed by atoms with Gasteiger partial charge in [-0.05, 0) is 73.2 Å². The maximum Gasteiger partial charge on any atom is 0.252 e. The number of carbonyl (C=O) groups excluding carboxylic acids is 1. The first-order chi connectivity index (χ1) is 14.6. The molecule has 154 valence electrons. The molecule has 1 saturated heterocycles. The fourth-order valence-electron chi connectivity index (χ4n) is 4.55. The number of rotatable bonds is 6. The number of carbonyl (C=O) groups is 1. The Hall–Kier alpha value is -2.85. The van der Waals surface area contributed by atoms with Crippen molar-refractivity contribution in [1.29, 1.82) is 0 Å². The third-order valence-corrected chi connectivity index (χ3v) is 6.48. The summed E-state index contributed by atoms with van der Waals surface area (Å²) in [6, 6.07) is 21.0. The summed E-state index contributed by atoms with van der Waals surface area (Å²) >= 11 is 0. The van der Waals surface area contributed by atoms with E-state index in [1.54, 1.807) is 0 Å². The third kappa shape index (κ3) is 3.68. The fraction of sp³-hybridized carbons (Fsp3) is 0.346. The molecule has 0 unspecified atom stereocenters. The maximum atomic E-state index is 13.3. The molecule has 1 aliphatic heterocycles. The topological polar surface area (TPSA) is 50.4 Å². The minimum absolute atomic E-state index is 0.0256. The molecule has 0 radical (unpaired) electrons. The Balaban J connectivity index is 1.36. The smallest absolute Gasteiger partial charge is 0.252 e. The number of benzene rings is 3. The van der Waals surface area contributed by atoms with E-state index >= 15 is 0 Å². The lowest BCUT2D eigenvalue weighted by atomic mass is 9.96. The Morgan fingerprint density at radius 3 is 2.77 bits per heavy atom. The fourth-order valence-corrected chi connectivity index (χ4v) is 4.55. The lowest BCUT2D eigenvalue weighted by Crippen LogP contribution is -2.35. The predicted molar refractivity (Wildman–Crippen MR) is 120 cm³/mol. The highest BCUT2D eigenvalue weighted by molar-refractivity contribution is 5.97. The zero-order chi connectivity index (χ0) is 20.6. The summed E-state index contributed by atoms with van der Waals surface area (Å²) in [5.41, 5.74) is 2.60. The van der Waals surface area contributed by atoms with Crippen molar-refractivity contribution < 1.29 is 9.53 Å². The third-order valence-electron chi connectivity index (χ3n) is 6.48. The Morgan fingerprint density at radius 1 is 1.13 bits per heavy atom. The van der Waals surface area contributed by atoms with Crippen LogP contribution in [0.15, 0.2) is 60.7 Å². The lowest BCUT2D eigenvalue weighted by molar-refractivity contribution is 0.0930. The molecule has 2 aliphatic rings. The van der Waals surface area contributed by atoms with Gasteiger partial charge in [0.15, 0.2) is 0 Å². The molecule has 2 N–H and O–H groups in total. The molecule has 1 aliphatic carbocycles. The molecule has 5 rings (SSSR count). The predicted octanol–water partition coefficient (Wildman–Crippen LogP) is 4.70. The number of amides is 1. The Kier molecular flexibility index (Phi) is 4.95. The van der Waals surface area contributed by atoms with Crippen molar-refractivity contribution in [2.24, 2.45) is 0 Å². The molecule has 0 bridgehead atoms. The summed E-state index contributed by atoms with van der Waals surface area (Å²) in [6.07, 6.45) is 4.28. The van der Waals surface area contributed by atoms with Crippen LogP contribution in [-0.4, -0.2) is 25.1 Å². The van der Waals surface area contributed by atoms with Crippen molar-refractivity contribution in [1.82, 2.24) is 10.6 Å². The molecule has 1 saturated carbocycles. The second-order valence-corrected chi connectivity index (χ2v) is 8.64. The second kappa shape index (κ2) is 7.77. The van der Waals surface area contributed by atoms with Crippen LogP contribution in [0.1, 0.15) is 47.2 Å². The molecule has 3 aromatic rings. The SMILES string of the molecule is Cc1ccc(OC[C@H]2CCCN2)cc1C(=O)NC1(c2cccc3ccccc23)CC1. The van der Waals surface area contributed by atoms with Crippen LogP contribution < -0.4 is 15.4 Å². The minimum atomic E-state index is -0.269. The van der Waals surface area contributed by atoms with E-state index in [0.717, 1.165) is 37.1 Å². The van der Waals surface area contributed by atoms with E-state index in [9.17, 15) is 4.79 Å². The van der Waals surface area contributed by atoms with Gasteiger partial charge in [0.25, 0.3) is 5.91 Å². The first kappa shape index (κ1) is 19.1. The van der Waals surface area contributed by atoms with Gasteiger partial charge in [-0.1, -0.05) is 48.5 Å². The van der Waals surface area contributed by atoms with E-state index < -0.39 is 0 Å². The summed E-state index contributed by atoms with van der Waals surface area (Å²) in [5.74, 6) is 0.733. The van der Waals surface area contributed by atoms with E-state index in [1.807, 2.05) is 25.1 Å². The number of fused-ring (bicyclic) bond motifs is 1. The van der Waals surface area contributed by atoms with Gasteiger partial charge in [0.2, 0.25) is 0 Å². The summed E-state index contributed by atoms with van der Waals surface area (Å²) in [7, 11) is 0. The highest BCUT2D eigenvalue weighted by Crippen LogP contribution is 2.48. The standard InChI is InChI=1S/C26H28N2O2/c1-18-11-12-21(30-17-20-8-5-15-27-20)16-23(18)25(29)28-26(13-14-26)24-10-4-7-19-6-2-3-9-22(19)24/h2-4,6-7,9-12,16,20,27H,5,8,13-15,17H2,1H3,(H,28,29)/t20-/m1/s1. The van der Waals surface area contributed by atoms with E-state index in [1.165, 1.54) is 22.8 Å². The van der Waals surface area contributed by atoms with Crippen molar-refractivity contribution in [3.63, 3.8) is 0 Å².